The molecular formula is C10H18O6. The summed E-state index contributed by atoms with van der Waals surface area (Å²) in [7, 11) is 5.42. The fourth-order valence-electron chi connectivity index (χ4n) is 1.25. The molecule has 0 bridgehead atoms. The number of rotatable bonds is 7. The third-order valence-electron chi connectivity index (χ3n) is 2.19. The molecule has 0 rings (SSSR count). The molecule has 0 radical (unpaired) electrons. The van der Waals surface area contributed by atoms with Crippen molar-refractivity contribution in [1.29, 1.82) is 0 Å². The number of methoxy groups -OCH3 is 4. The smallest absolute Gasteiger partial charge is 0.320 e. The van der Waals surface area contributed by atoms with Gasteiger partial charge in [-0.05, 0) is 12.8 Å². The first kappa shape index (κ1) is 14.9. The Labute approximate surface area is 94.8 Å². The summed E-state index contributed by atoms with van der Waals surface area (Å²) in [6.07, 6.45) is 0.213. The van der Waals surface area contributed by atoms with Crippen molar-refractivity contribution in [3.05, 3.63) is 0 Å². The van der Waals surface area contributed by atoms with Crippen molar-refractivity contribution in [3.8, 4) is 0 Å². The van der Waals surface area contributed by atoms with E-state index in [9.17, 15) is 9.59 Å². The summed E-state index contributed by atoms with van der Waals surface area (Å²) in [6.45, 7) is 0. The molecule has 0 heterocycles. The third-order valence-corrected chi connectivity index (χ3v) is 2.19. The van der Waals surface area contributed by atoms with Crippen molar-refractivity contribution < 1.29 is 28.5 Å². The molecule has 94 valence electrons. The van der Waals surface area contributed by atoms with Crippen molar-refractivity contribution >= 4 is 11.9 Å². The van der Waals surface area contributed by atoms with Crippen LogP contribution >= 0.6 is 0 Å². The van der Waals surface area contributed by atoms with E-state index in [1.54, 1.807) is 0 Å². The van der Waals surface area contributed by atoms with E-state index in [4.69, 9.17) is 9.47 Å². The summed E-state index contributed by atoms with van der Waals surface area (Å²) < 4.78 is 18.9. The fraction of sp³-hybridized carbons (Fsp3) is 0.800. The van der Waals surface area contributed by atoms with E-state index in [1.165, 1.54) is 28.4 Å². The van der Waals surface area contributed by atoms with Gasteiger partial charge in [0, 0.05) is 14.2 Å². The number of hydrogen-bond acceptors (Lipinski definition) is 6. The highest BCUT2D eigenvalue weighted by molar-refractivity contribution is 5.94. The zero-order valence-corrected chi connectivity index (χ0v) is 10.0. The van der Waals surface area contributed by atoms with Crippen molar-refractivity contribution in [2.45, 2.75) is 19.1 Å². The van der Waals surface area contributed by atoms with Gasteiger partial charge in [0.1, 0.15) is 0 Å². The molecule has 0 atom stereocenters. The molecule has 16 heavy (non-hydrogen) atoms. The molecule has 0 fully saturated rings. The Hall–Kier alpha value is -1.14. The van der Waals surface area contributed by atoms with E-state index in [1.807, 2.05) is 0 Å². The van der Waals surface area contributed by atoms with Crippen LogP contribution in [-0.4, -0.2) is 46.7 Å². The molecule has 0 aliphatic carbocycles. The van der Waals surface area contributed by atoms with Gasteiger partial charge in [-0.3, -0.25) is 9.59 Å². The summed E-state index contributed by atoms with van der Waals surface area (Å²) in [4.78, 5) is 22.6. The Bertz CT molecular complexity index is 207. The quantitative estimate of drug-likeness (QED) is 0.359. The molecule has 6 heteroatoms. The first-order valence-electron chi connectivity index (χ1n) is 4.81. The number of esters is 2. The Kier molecular flexibility index (Phi) is 7.49. The normalized spacial score (nSPS) is 10.6. The van der Waals surface area contributed by atoms with Crippen LogP contribution in [0.1, 0.15) is 12.8 Å². The van der Waals surface area contributed by atoms with Gasteiger partial charge in [-0.15, -0.1) is 0 Å². The molecule has 0 unspecified atom stereocenters. The van der Waals surface area contributed by atoms with Crippen molar-refractivity contribution in [1.82, 2.24) is 0 Å². The topological polar surface area (TPSA) is 71.1 Å². The Morgan fingerprint density at radius 2 is 1.31 bits per heavy atom. The lowest BCUT2D eigenvalue weighted by molar-refractivity contribution is -0.160. The lowest BCUT2D eigenvalue weighted by Gasteiger charge is -2.16. The Morgan fingerprint density at radius 3 is 1.62 bits per heavy atom. The van der Waals surface area contributed by atoms with Crippen molar-refractivity contribution in [2.75, 3.05) is 28.4 Å². The minimum atomic E-state index is -0.928. The highest BCUT2D eigenvalue weighted by atomic mass is 16.7. The summed E-state index contributed by atoms with van der Waals surface area (Å²) >= 11 is 0. The fourth-order valence-corrected chi connectivity index (χ4v) is 1.25. The van der Waals surface area contributed by atoms with Gasteiger partial charge < -0.3 is 18.9 Å². The highest BCUT2D eigenvalue weighted by Crippen LogP contribution is 2.14. The monoisotopic (exact) mass is 234 g/mol. The van der Waals surface area contributed by atoms with E-state index in [0.717, 1.165) is 0 Å². The predicted octanol–water partition coefficient (Wildman–Crippen LogP) is 0.348. The Balaban J connectivity index is 4.32. The second-order valence-corrected chi connectivity index (χ2v) is 3.08. The first-order valence-corrected chi connectivity index (χ1v) is 4.81. The average Bonchev–Trinajstić information content (AvgIpc) is 2.33. The van der Waals surface area contributed by atoms with E-state index >= 15 is 0 Å². The summed E-state index contributed by atoms with van der Waals surface area (Å²) in [5, 5.41) is 0. The van der Waals surface area contributed by atoms with Crippen LogP contribution in [0.2, 0.25) is 0 Å². The number of ether oxygens (including phenoxy) is 4. The van der Waals surface area contributed by atoms with E-state index in [0.29, 0.717) is 6.42 Å². The van der Waals surface area contributed by atoms with Crippen LogP contribution in [0.4, 0.5) is 0 Å². The van der Waals surface area contributed by atoms with Crippen LogP contribution in [0.3, 0.4) is 0 Å². The summed E-state index contributed by atoms with van der Waals surface area (Å²) in [5.41, 5.74) is 0. The van der Waals surface area contributed by atoms with Gasteiger partial charge in [-0.1, -0.05) is 0 Å². The average molecular weight is 234 g/mol. The third kappa shape index (κ3) is 4.59. The van der Waals surface area contributed by atoms with Crippen LogP contribution in [0.25, 0.3) is 0 Å². The van der Waals surface area contributed by atoms with Gasteiger partial charge >= 0.3 is 11.9 Å². The summed E-state index contributed by atoms with van der Waals surface area (Å²) in [6, 6.07) is 0. The molecule has 0 aliphatic heterocycles. The molecule has 0 aromatic heterocycles. The molecule has 0 saturated heterocycles. The van der Waals surface area contributed by atoms with Crippen molar-refractivity contribution in [2.24, 2.45) is 5.92 Å². The number of carbonyl (C=O) groups is 2. The number of hydrogen-bond donors (Lipinski definition) is 0. The molecule has 0 N–H and O–H groups in total. The van der Waals surface area contributed by atoms with Crippen LogP contribution < -0.4 is 0 Å². The second-order valence-electron chi connectivity index (χ2n) is 3.08. The van der Waals surface area contributed by atoms with Crippen molar-refractivity contribution in [3.63, 3.8) is 0 Å². The van der Waals surface area contributed by atoms with E-state index in [-0.39, 0.29) is 6.42 Å². The lowest BCUT2D eigenvalue weighted by atomic mass is 10.0. The minimum Gasteiger partial charge on any atom is -0.468 e. The molecule has 0 aromatic carbocycles. The van der Waals surface area contributed by atoms with Gasteiger partial charge in [0.2, 0.25) is 0 Å². The highest BCUT2D eigenvalue weighted by Gasteiger charge is 2.29. The van der Waals surface area contributed by atoms with Gasteiger partial charge in [0.25, 0.3) is 0 Å². The molecule has 0 aliphatic rings. The molecule has 0 saturated carbocycles. The standard InChI is InChI=1S/C10H18O6/c1-13-8(14-2)6-5-7(9(11)15-3)10(12)16-4/h7-8H,5-6H2,1-4H3. The van der Waals surface area contributed by atoms with Gasteiger partial charge in [0.15, 0.2) is 12.2 Å². The number of carbonyl (C=O) groups excluding carboxylic acids is 2. The minimum absolute atomic E-state index is 0.256. The predicted molar refractivity (Wildman–Crippen MR) is 54.6 cm³/mol. The second kappa shape index (κ2) is 8.06. The molecule has 6 nitrogen and oxygen atoms in total. The van der Waals surface area contributed by atoms with Gasteiger partial charge in [-0.25, -0.2) is 0 Å². The van der Waals surface area contributed by atoms with E-state index < -0.39 is 24.1 Å². The van der Waals surface area contributed by atoms with Gasteiger partial charge in [-0.2, -0.15) is 0 Å². The maximum atomic E-state index is 11.3. The van der Waals surface area contributed by atoms with Gasteiger partial charge in [0.05, 0.1) is 14.2 Å². The maximum absolute atomic E-state index is 11.3. The zero-order chi connectivity index (χ0) is 12.6. The maximum Gasteiger partial charge on any atom is 0.320 e. The lowest BCUT2D eigenvalue weighted by Crippen LogP contribution is -2.28. The molecule has 0 amide bonds. The zero-order valence-electron chi connectivity index (χ0n) is 10.0. The Morgan fingerprint density at radius 1 is 0.875 bits per heavy atom. The van der Waals surface area contributed by atoms with E-state index in [2.05, 4.69) is 9.47 Å². The largest absolute Gasteiger partial charge is 0.468 e. The molecular weight excluding hydrogens is 216 g/mol. The van der Waals surface area contributed by atoms with Crippen LogP contribution in [0, 0.1) is 5.92 Å². The summed E-state index contributed by atoms with van der Waals surface area (Å²) in [5.74, 6) is -2.15. The molecule has 0 aromatic rings. The van der Waals surface area contributed by atoms with Crippen LogP contribution in [0.15, 0.2) is 0 Å². The SMILES string of the molecule is COC(=O)C(CCC(OC)OC)C(=O)OC. The molecule has 0 spiro atoms. The van der Waals surface area contributed by atoms with Crippen LogP contribution in [-0.2, 0) is 28.5 Å². The first-order chi connectivity index (χ1) is 7.60. The van der Waals surface area contributed by atoms with Crippen LogP contribution in [0.5, 0.6) is 0 Å².